The zero-order valence-electron chi connectivity index (χ0n) is 9.72. The molecule has 88 valence electrons. The van der Waals surface area contributed by atoms with Crippen molar-refractivity contribution < 1.29 is 4.92 Å². The molecule has 0 atom stereocenters. The molecular formula is C12H18N2O2. The summed E-state index contributed by atoms with van der Waals surface area (Å²) in [5.74, 6) is 0. The maximum Gasteiger partial charge on any atom is 0.235 e. The van der Waals surface area contributed by atoms with E-state index in [2.05, 4.69) is 19.2 Å². The number of hydrogen-bond donors (Lipinski definition) is 1. The summed E-state index contributed by atoms with van der Waals surface area (Å²) in [7, 11) is 0. The van der Waals surface area contributed by atoms with E-state index in [0.717, 1.165) is 24.9 Å². The van der Waals surface area contributed by atoms with Gasteiger partial charge < -0.3 is 5.32 Å². The van der Waals surface area contributed by atoms with Crippen LogP contribution in [-0.2, 0) is 0 Å². The SMILES string of the molecule is CCNCC.O=[N+]([O-])C=Cc1ccccc1. The zero-order chi connectivity index (χ0) is 12.2. The first kappa shape index (κ1) is 14.3. The Hall–Kier alpha value is -1.68. The van der Waals surface area contributed by atoms with Gasteiger partial charge in [-0.25, -0.2) is 0 Å². The predicted molar refractivity (Wildman–Crippen MR) is 66.7 cm³/mol. The monoisotopic (exact) mass is 222 g/mol. The van der Waals surface area contributed by atoms with Crippen LogP contribution < -0.4 is 5.32 Å². The van der Waals surface area contributed by atoms with Gasteiger partial charge in [0.2, 0.25) is 6.20 Å². The van der Waals surface area contributed by atoms with E-state index in [1.54, 1.807) is 12.1 Å². The van der Waals surface area contributed by atoms with Crippen molar-refractivity contribution in [1.29, 1.82) is 0 Å². The highest BCUT2D eigenvalue weighted by atomic mass is 16.6. The fourth-order valence-electron chi connectivity index (χ4n) is 0.961. The second kappa shape index (κ2) is 9.86. The van der Waals surface area contributed by atoms with Gasteiger partial charge in [-0.2, -0.15) is 0 Å². The van der Waals surface area contributed by atoms with Crippen molar-refractivity contribution in [2.45, 2.75) is 13.8 Å². The Morgan fingerprint density at radius 2 is 1.81 bits per heavy atom. The molecule has 0 radical (unpaired) electrons. The molecule has 4 nitrogen and oxygen atoms in total. The fourth-order valence-corrected chi connectivity index (χ4v) is 0.961. The van der Waals surface area contributed by atoms with E-state index in [-0.39, 0.29) is 0 Å². The predicted octanol–water partition coefficient (Wildman–Crippen LogP) is 2.55. The van der Waals surface area contributed by atoms with Gasteiger partial charge in [0.05, 0.1) is 4.92 Å². The van der Waals surface area contributed by atoms with Crippen LogP contribution in [0.1, 0.15) is 19.4 Å². The average Bonchev–Trinajstić information content (AvgIpc) is 2.30. The summed E-state index contributed by atoms with van der Waals surface area (Å²) >= 11 is 0. The van der Waals surface area contributed by atoms with Crippen LogP contribution >= 0.6 is 0 Å². The third-order valence-electron chi connectivity index (χ3n) is 1.69. The first-order valence-corrected chi connectivity index (χ1v) is 5.28. The van der Waals surface area contributed by atoms with Crippen molar-refractivity contribution in [3.8, 4) is 0 Å². The molecule has 0 amide bonds. The van der Waals surface area contributed by atoms with Gasteiger partial charge in [-0.05, 0) is 18.7 Å². The molecule has 1 aromatic carbocycles. The molecule has 0 heterocycles. The molecule has 0 aliphatic rings. The number of hydrogen-bond acceptors (Lipinski definition) is 3. The molecule has 0 aliphatic carbocycles. The van der Waals surface area contributed by atoms with Crippen molar-refractivity contribution >= 4 is 6.08 Å². The Morgan fingerprint density at radius 3 is 2.19 bits per heavy atom. The van der Waals surface area contributed by atoms with Gasteiger partial charge in [0.25, 0.3) is 0 Å². The van der Waals surface area contributed by atoms with Crippen LogP contribution in [0.5, 0.6) is 0 Å². The summed E-state index contributed by atoms with van der Waals surface area (Å²) in [6.07, 6.45) is 2.38. The minimum Gasteiger partial charge on any atom is -0.317 e. The molecule has 0 aliphatic heterocycles. The molecule has 0 unspecified atom stereocenters. The van der Waals surface area contributed by atoms with Crippen LogP contribution in [0.2, 0.25) is 0 Å². The van der Waals surface area contributed by atoms with Gasteiger partial charge in [0.15, 0.2) is 0 Å². The van der Waals surface area contributed by atoms with E-state index < -0.39 is 4.92 Å². The van der Waals surface area contributed by atoms with Crippen molar-refractivity contribution in [3.05, 3.63) is 52.2 Å². The number of nitrogens with zero attached hydrogens (tertiary/aromatic N) is 1. The lowest BCUT2D eigenvalue weighted by Gasteiger charge is -1.86. The standard InChI is InChI=1S/C8H7NO2.C4H11N/c10-9(11)7-6-8-4-2-1-3-5-8;1-3-5-4-2/h1-7H;5H,3-4H2,1-2H3. The lowest BCUT2D eigenvalue weighted by Crippen LogP contribution is -2.09. The highest BCUT2D eigenvalue weighted by Crippen LogP contribution is 1.99. The molecule has 1 aromatic rings. The van der Waals surface area contributed by atoms with Gasteiger partial charge in [-0.3, -0.25) is 10.1 Å². The number of benzene rings is 1. The van der Waals surface area contributed by atoms with E-state index >= 15 is 0 Å². The number of nitro groups is 1. The lowest BCUT2D eigenvalue weighted by atomic mass is 10.2. The summed E-state index contributed by atoms with van der Waals surface area (Å²) < 4.78 is 0. The largest absolute Gasteiger partial charge is 0.317 e. The summed E-state index contributed by atoms with van der Waals surface area (Å²) in [5.41, 5.74) is 0.837. The van der Waals surface area contributed by atoms with E-state index in [4.69, 9.17) is 0 Å². The van der Waals surface area contributed by atoms with E-state index in [1.165, 1.54) is 6.08 Å². The minimum absolute atomic E-state index is 0.479. The first-order valence-electron chi connectivity index (χ1n) is 5.28. The highest BCUT2D eigenvalue weighted by Gasteiger charge is 1.86. The lowest BCUT2D eigenvalue weighted by molar-refractivity contribution is -0.400. The van der Waals surface area contributed by atoms with Crippen LogP contribution in [0, 0.1) is 10.1 Å². The van der Waals surface area contributed by atoms with Crippen molar-refractivity contribution in [2.24, 2.45) is 0 Å². The molecule has 1 N–H and O–H groups in total. The highest BCUT2D eigenvalue weighted by molar-refractivity contribution is 5.47. The molecule has 0 spiro atoms. The van der Waals surface area contributed by atoms with Crippen LogP contribution in [0.25, 0.3) is 6.08 Å². The third-order valence-corrected chi connectivity index (χ3v) is 1.69. The maximum atomic E-state index is 9.89. The van der Waals surface area contributed by atoms with E-state index in [0.29, 0.717) is 0 Å². The zero-order valence-corrected chi connectivity index (χ0v) is 9.72. The van der Waals surface area contributed by atoms with E-state index in [1.807, 2.05) is 18.2 Å². The Balaban J connectivity index is 0.000000385. The summed E-state index contributed by atoms with van der Waals surface area (Å²) in [4.78, 5) is 9.41. The van der Waals surface area contributed by atoms with Crippen LogP contribution in [0.15, 0.2) is 36.5 Å². The van der Waals surface area contributed by atoms with Gasteiger partial charge in [0.1, 0.15) is 0 Å². The van der Waals surface area contributed by atoms with Crippen molar-refractivity contribution in [3.63, 3.8) is 0 Å². The Morgan fingerprint density at radius 1 is 1.25 bits per heavy atom. The second-order valence-electron chi connectivity index (χ2n) is 2.97. The molecule has 1 rings (SSSR count). The quantitative estimate of drug-likeness (QED) is 0.629. The number of nitrogens with one attached hydrogen (secondary N) is 1. The molecule has 0 aromatic heterocycles. The maximum absolute atomic E-state index is 9.89. The van der Waals surface area contributed by atoms with Gasteiger partial charge >= 0.3 is 0 Å². The van der Waals surface area contributed by atoms with Gasteiger partial charge in [-0.15, -0.1) is 0 Å². The van der Waals surface area contributed by atoms with Gasteiger partial charge in [0, 0.05) is 6.08 Å². The molecule has 0 saturated heterocycles. The van der Waals surface area contributed by atoms with Crippen LogP contribution in [0.4, 0.5) is 0 Å². The summed E-state index contributed by atoms with van der Waals surface area (Å²) in [6, 6.07) is 9.14. The molecule has 4 heteroatoms. The molecule has 16 heavy (non-hydrogen) atoms. The van der Waals surface area contributed by atoms with Crippen LogP contribution in [-0.4, -0.2) is 18.0 Å². The molecular weight excluding hydrogens is 204 g/mol. The smallest absolute Gasteiger partial charge is 0.235 e. The summed E-state index contributed by atoms with van der Waals surface area (Å²) in [5, 5.41) is 13.0. The van der Waals surface area contributed by atoms with Gasteiger partial charge in [-0.1, -0.05) is 44.2 Å². The summed E-state index contributed by atoms with van der Waals surface area (Å²) in [6.45, 7) is 6.39. The van der Waals surface area contributed by atoms with E-state index in [9.17, 15) is 10.1 Å². The Bertz CT molecular complexity index is 308. The average molecular weight is 222 g/mol. The third kappa shape index (κ3) is 8.90. The second-order valence-corrected chi connectivity index (χ2v) is 2.97. The van der Waals surface area contributed by atoms with Crippen molar-refractivity contribution in [2.75, 3.05) is 13.1 Å². The molecule has 0 saturated carbocycles. The van der Waals surface area contributed by atoms with Crippen LogP contribution in [0.3, 0.4) is 0 Å². The Kier molecular flexibility index (Phi) is 8.82. The minimum atomic E-state index is -0.479. The molecule has 0 fully saturated rings. The normalized spacial score (nSPS) is 9.62. The Labute approximate surface area is 96.1 Å². The topological polar surface area (TPSA) is 55.2 Å². The first-order chi connectivity index (χ1) is 7.70. The fraction of sp³-hybridized carbons (Fsp3) is 0.333. The number of rotatable bonds is 4. The van der Waals surface area contributed by atoms with Crippen molar-refractivity contribution in [1.82, 2.24) is 5.32 Å². The molecule has 0 bridgehead atoms.